The molecule has 138 valence electrons. The molecule has 0 bridgehead atoms. The summed E-state index contributed by atoms with van der Waals surface area (Å²) in [5.41, 5.74) is 8.50. The highest BCUT2D eigenvalue weighted by molar-refractivity contribution is 7.21. The van der Waals surface area contributed by atoms with Gasteiger partial charge in [0.2, 0.25) is 0 Å². The second-order valence-corrected chi connectivity index (χ2v) is 7.45. The summed E-state index contributed by atoms with van der Waals surface area (Å²) in [5, 5.41) is 8.24. The molecule has 1 aliphatic rings. The van der Waals surface area contributed by atoms with E-state index in [1.807, 2.05) is 23.1 Å². The zero-order valence-electron chi connectivity index (χ0n) is 14.6. The second kappa shape index (κ2) is 7.40. The van der Waals surface area contributed by atoms with Crippen molar-refractivity contribution in [3.8, 4) is 10.6 Å². The summed E-state index contributed by atoms with van der Waals surface area (Å²) in [7, 11) is 0. The highest BCUT2D eigenvalue weighted by atomic mass is 32.1. The molecule has 1 atom stereocenters. The Morgan fingerprint density at radius 1 is 1.33 bits per heavy atom. The van der Waals surface area contributed by atoms with Crippen LogP contribution in [0, 0.1) is 5.41 Å². The fourth-order valence-corrected chi connectivity index (χ4v) is 4.12. The SMILES string of the molecule is N=CC(=CN)c1cnc2nc(-c3ccc(N4CCC[C@H](F)C4)nc3)sc2c1. The molecule has 3 aromatic heterocycles. The first kappa shape index (κ1) is 17.5. The number of nitrogens with two attached hydrogens (primary N) is 1. The van der Waals surface area contributed by atoms with Crippen molar-refractivity contribution in [3.05, 3.63) is 42.4 Å². The lowest BCUT2D eigenvalue weighted by Crippen LogP contribution is -2.36. The summed E-state index contributed by atoms with van der Waals surface area (Å²) >= 11 is 1.51. The Balaban J connectivity index is 1.61. The normalized spacial score (nSPS) is 18.0. The number of nitrogens with one attached hydrogen (secondary N) is 1. The van der Waals surface area contributed by atoms with Gasteiger partial charge in [-0.25, -0.2) is 19.3 Å². The highest BCUT2D eigenvalue weighted by Gasteiger charge is 2.20. The zero-order chi connectivity index (χ0) is 18.8. The lowest BCUT2D eigenvalue weighted by atomic mass is 10.1. The van der Waals surface area contributed by atoms with Crippen LogP contribution in [0.15, 0.2) is 36.8 Å². The van der Waals surface area contributed by atoms with Crippen molar-refractivity contribution >= 4 is 39.3 Å². The Bertz CT molecular complexity index is 997. The van der Waals surface area contributed by atoms with Crippen LogP contribution >= 0.6 is 11.3 Å². The number of halogens is 1. The molecule has 0 spiro atoms. The van der Waals surface area contributed by atoms with E-state index in [1.165, 1.54) is 23.8 Å². The van der Waals surface area contributed by atoms with Gasteiger partial charge in [-0.1, -0.05) is 0 Å². The van der Waals surface area contributed by atoms with Gasteiger partial charge in [-0.15, -0.1) is 11.3 Å². The molecular weight excluding hydrogens is 363 g/mol. The third-order valence-corrected chi connectivity index (χ3v) is 5.64. The van der Waals surface area contributed by atoms with E-state index < -0.39 is 6.17 Å². The van der Waals surface area contributed by atoms with Crippen LogP contribution in [0.5, 0.6) is 0 Å². The Morgan fingerprint density at radius 3 is 2.93 bits per heavy atom. The first-order chi connectivity index (χ1) is 13.2. The number of rotatable bonds is 4. The number of thiazole rings is 1. The fraction of sp³-hybridized carbons (Fsp3) is 0.263. The molecule has 3 N–H and O–H groups in total. The quantitative estimate of drug-likeness (QED) is 0.672. The number of aromatic nitrogens is 3. The average Bonchev–Trinajstić information content (AvgIpc) is 3.13. The van der Waals surface area contributed by atoms with E-state index in [2.05, 4.69) is 15.0 Å². The summed E-state index contributed by atoms with van der Waals surface area (Å²) in [6.45, 7) is 1.24. The standard InChI is InChI=1S/C19H19FN6S/c20-15-2-1-5-26(11-15)17-4-3-12(9-23-17)19-25-18-16(27-19)6-13(10-24-18)14(7-21)8-22/h3-4,6-10,15,21H,1-2,5,11,22H2/t15-/m0/s1. The van der Waals surface area contributed by atoms with E-state index >= 15 is 0 Å². The van der Waals surface area contributed by atoms with Crippen LogP contribution in [-0.2, 0) is 0 Å². The Hall–Kier alpha value is -2.87. The number of anilines is 1. The maximum atomic E-state index is 13.6. The van der Waals surface area contributed by atoms with Gasteiger partial charge in [0, 0.05) is 48.1 Å². The van der Waals surface area contributed by atoms with Crippen molar-refractivity contribution in [2.75, 3.05) is 18.0 Å². The molecule has 0 amide bonds. The van der Waals surface area contributed by atoms with Gasteiger partial charge in [0.05, 0.1) is 11.2 Å². The van der Waals surface area contributed by atoms with E-state index in [9.17, 15) is 4.39 Å². The molecular formula is C19H19FN6S. The molecule has 0 aromatic carbocycles. The van der Waals surface area contributed by atoms with Crippen molar-refractivity contribution in [2.24, 2.45) is 5.73 Å². The predicted molar refractivity (Wildman–Crippen MR) is 108 cm³/mol. The Labute approximate surface area is 160 Å². The second-order valence-electron chi connectivity index (χ2n) is 6.42. The average molecular weight is 382 g/mol. The largest absolute Gasteiger partial charge is 0.404 e. The summed E-state index contributed by atoms with van der Waals surface area (Å²) in [5.74, 6) is 0.798. The van der Waals surface area contributed by atoms with E-state index in [1.54, 1.807) is 12.4 Å². The third kappa shape index (κ3) is 3.52. The number of fused-ring (bicyclic) bond motifs is 1. The lowest BCUT2D eigenvalue weighted by Gasteiger charge is -2.29. The van der Waals surface area contributed by atoms with Gasteiger partial charge in [0.1, 0.15) is 17.0 Å². The smallest absolute Gasteiger partial charge is 0.170 e. The van der Waals surface area contributed by atoms with E-state index in [-0.39, 0.29) is 0 Å². The van der Waals surface area contributed by atoms with Crippen LogP contribution in [-0.4, -0.2) is 40.4 Å². The molecule has 1 aliphatic heterocycles. The van der Waals surface area contributed by atoms with Crippen LogP contribution < -0.4 is 10.6 Å². The number of hydrogen-bond donors (Lipinski definition) is 2. The van der Waals surface area contributed by atoms with Gasteiger partial charge in [-0.05, 0) is 31.0 Å². The van der Waals surface area contributed by atoms with Gasteiger partial charge in [0.15, 0.2) is 5.65 Å². The number of piperidine rings is 1. The van der Waals surface area contributed by atoms with Crippen molar-refractivity contribution in [2.45, 2.75) is 19.0 Å². The number of hydrogen-bond acceptors (Lipinski definition) is 7. The van der Waals surface area contributed by atoms with Crippen molar-refractivity contribution in [1.29, 1.82) is 5.41 Å². The van der Waals surface area contributed by atoms with E-state index in [0.717, 1.165) is 39.6 Å². The minimum absolute atomic E-state index is 0.407. The maximum absolute atomic E-state index is 13.6. The van der Waals surface area contributed by atoms with Gasteiger partial charge in [0.25, 0.3) is 0 Å². The van der Waals surface area contributed by atoms with Gasteiger partial charge >= 0.3 is 0 Å². The van der Waals surface area contributed by atoms with Gasteiger partial charge < -0.3 is 16.0 Å². The molecule has 0 saturated carbocycles. The molecule has 1 saturated heterocycles. The first-order valence-electron chi connectivity index (χ1n) is 8.72. The van der Waals surface area contributed by atoms with Crippen LogP contribution in [0.4, 0.5) is 10.2 Å². The van der Waals surface area contributed by atoms with Crippen molar-refractivity contribution in [3.63, 3.8) is 0 Å². The highest BCUT2D eigenvalue weighted by Crippen LogP contribution is 2.31. The molecule has 1 fully saturated rings. The molecule has 0 radical (unpaired) electrons. The number of pyridine rings is 2. The maximum Gasteiger partial charge on any atom is 0.170 e. The Kier molecular flexibility index (Phi) is 4.81. The van der Waals surface area contributed by atoms with Crippen LogP contribution in [0.1, 0.15) is 18.4 Å². The number of allylic oxidation sites excluding steroid dienone is 1. The fourth-order valence-electron chi connectivity index (χ4n) is 3.16. The predicted octanol–water partition coefficient (Wildman–Crippen LogP) is 3.64. The van der Waals surface area contributed by atoms with Crippen LogP contribution in [0.2, 0.25) is 0 Å². The molecule has 0 aliphatic carbocycles. The van der Waals surface area contributed by atoms with Gasteiger partial charge in [-0.3, -0.25) is 0 Å². The molecule has 4 heterocycles. The zero-order valence-corrected chi connectivity index (χ0v) is 15.4. The third-order valence-electron chi connectivity index (χ3n) is 4.60. The van der Waals surface area contributed by atoms with Gasteiger partial charge in [-0.2, -0.15) is 0 Å². The van der Waals surface area contributed by atoms with E-state index in [4.69, 9.17) is 11.1 Å². The lowest BCUT2D eigenvalue weighted by molar-refractivity contribution is 0.286. The van der Waals surface area contributed by atoms with E-state index in [0.29, 0.717) is 24.2 Å². The van der Waals surface area contributed by atoms with Crippen LogP contribution in [0.3, 0.4) is 0 Å². The topological polar surface area (TPSA) is 91.8 Å². The van der Waals surface area contributed by atoms with Crippen molar-refractivity contribution < 1.29 is 4.39 Å². The summed E-state index contributed by atoms with van der Waals surface area (Å²) in [6.07, 6.45) is 6.75. The Morgan fingerprint density at radius 2 is 2.22 bits per heavy atom. The van der Waals surface area contributed by atoms with Crippen LogP contribution in [0.25, 0.3) is 26.5 Å². The molecule has 0 unspecified atom stereocenters. The summed E-state index contributed by atoms with van der Waals surface area (Å²) < 4.78 is 14.5. The molecule has 6 nitrogen and oxygen atoms in total. The number of nitrogens with zero attached hydrogens (tertiary/aromatic N) is 4. The number of alkyl halides is 1. The minimum Gasteiger partial charge on any atom is -0.404 e. The molecule has 8 heteroatoms. The first-order valence-corrected chi connectivity index (χ1v) is 9.54. The summed E-state index contributed by atoms with van der Waals surface area (Å²) in [6, 6.07) is 5.82. The molecule has 3 aromatic rings. The molecule has 27 heavy (non-hydrogen) atoms. The molecule has 4 rings (SSSR count). The minimum atomic E-state index is -0.779. The summed E-state index contributed by atoms with van der Waals surface area (Å²) in [4.78, 5) is 15.4. The monoisotopic (exact) mass is 382 g/mol. The van der Waals surface area contributed by atoms with Crippen molar-refractivity contribution in [1.82, 2.24) is 15.0 Å².